The van der Waals surface area contributed by atoms with Crippen molar-refractivity contribution in [3.63, 3.8) is 0 Å². The molecule has 1 fully saturated rings. The molecule has 0 saturated heterocycles. The Morgan fingerprint density at radius 1 is 1.11 bits per heavy atom. The molecule has 2 amide bonds. The predicted octanol–water partition coefficient (Wildman–Crippen LogP) is 3.93. The Labute approximate surface area is 160 Å². The van der Waals surface area contributed by atoms with E-state index in [9.17, 15) is 9.59 Å². The summed E-state index contributed by atoms with van der Waals surface area (Å²) in [6.07, 6.45) is 6.36. The summed E-state index contributed by atoms with van der Waals surface area (Å²) in [4.78, 5) is 26.8. The van der Waals surface area contributed by atoms with Gasteiger partial charge in [-0.05, 0) is 50.3 Å². The van der Waals surface area contributed by atoms with Gasteiger partial charge in [0.2, 0.25) is 0 Å². The lowest BCUT2D eigenvalue weighted by Crippen LogP contribution is -2.46. The molecule has 1 aliphatic heterocycles. The Bertz CT molecular complexity index is 718. The lowest BCUT2D eigenvalue weighted by molar-refractivity contribution is -0.145. The summed E-state index contributed by atoms with van der Waals surface area (Å²) in [6, 6.07) is 6.60. The molecule has 6 heteroatoms. The van der Waals surface area contributed by atoms with E-state index in [2.05, 4.69) is 5.32 Å². The van der Waals surface area contributed by atoms with Gasteiger partial charge in [-0.1, -0.05) is 25.0 Å². The minimum Gasteiger partial charge on any atom is -0.497 e. The molecule has 1 aromatic carbocycles. The molecule has 3 rings (SSSR count). The van der Waals surface area contributed by atoms with Gasteiger partial charge in [-0.15, -0.1) is 0 Å². The molecule has 1 N–H and O–H groups in total. The number of urea groups is 1. The number of carbonyl (C=O) groups excluding carboxylic acids is 2. The minimum absolute atomic E-state index is 0.0419. The molecular formula is C21H28N2O4. The third-order valence-corrected chi connectivity index (χ3v) is 5.50. The molecule has 0 bridgehead atoms. The van der Waals surface area contributed by atoms with Crippen molar-refractivity contribution in [2.75, 3.05) is 14.2 Å². The zero-order chi connectivity index (χ0) is 19.4. The summed E-state index contributed by atoms with van der Waals surface area (Å²) in [6.45, 7) is 1.79. The van der Waals surface area contributed by atoms with Gasteiger partial charge >= 0.3 is 12.0 Å². The second-order valence-corrected chi connectivity index (χ2v) is 7.23. The SMILES string of the molecule is COc1ccc(C2NC(=O)N(C)C(C)=C2C(=O)OC2CCCCCC2)cc1. The van der Waals surface area contributed by atoms with Crippen molar-refractivity contribution in [1.82, 2.24) is 10.2 Å². The molecule has 0 aromatic heterocycles. The average molecular weight is 372 g/mol. The lowest BCUT2D eigenvalue weighted by atomic mass is 9.95. The van der Waals surface area contributed by atoms with E-state index in [-0.39, 0.29) is 18.1 Å². The summed E-state index contributed by atoms with van der Waals surface area (Å²) in [5.74, 6) is 0.383. The number of benzene rings is 1. The van der Waals surface area contributed by atoms with Gasteiger partial charge in [0, 0.05) is 12.7 Å². The average Bonchev–Trinajstić information content (AvgIpc) is 2.94. The van der Waals surface area contributed by atoms with Crippen LogP contribution < -0.4 is 10.1 Å². The van der Waals surface area contributed by atoms with Crippen LogP contribution in [-0.2, 0) is 9.53 Å². The topological polar surface area (TPSA) is 67.9 Å². The molecule has 1 heterocycles. The zero-order valence-electron chi connectivity index (χ0n) is 16.3. The van der Waals surface area contributed by atoms with Crippen molar-refractivity contribution < 1.29 is 19.1 Å². The molecule has 6 nitrogen and oxygen atoms in total. The highest BCUT2D eigenvalue weighted by molar-refractivity contribution is 5.95. The van der Waals surface area contributed by atoms with Crippen molar-refractivity contribution in [3.8, 4) is 5.75 Å². The van der Waals surface area contributed by atoms with Gasteiger partial charge in [0.15, 0.2) is 0 Å². The zero-order valence-corrected chi connectivity index (χ0v) is 16.3. The first-order valence-electron chi connectivity index (χ1n) is 9.61. The quantitative estimate of drug-likeness (QED) is 0.642. The molecule has 146 valence electrons. The predicted molar refractivity (Wildman–Crippen MR) is 102 cm³/mol. The summed E-state index contributed by atoms with van der Waals surface area (Å²) in [5.41, 5.74) is 1.94. The van der Waals surface area contributed by atoms with Crippen molar-refractivity contribution in [1.29, 1.82) is 0 Å². The van der Waals surface area contributed by atoms with Crippen LogP contribution in [0.25, 0.3) is 0 Å². The first kappa shape index (κ1) is 19.3. The monoisotopic (exact) mass is 372 g/mol. The molecule has 2 aliphatic rings. The second kappa shape index (κ2) is 8.46. The molecule has 0 spiro atoms. The van der Waals surface area contributed by atoms with E-state index in [1.54, 1.807) is 21.1 Å². The number of esters is 1. The van der Waals surface area contributed by atoms with E-state index in [0.717, 1.165) is 37.0 Å². The fourth-order valence-corrected chi connectivity index (χ4v) is 3.72. The number of carbonyl (C=O) groups is 2. The number of rotatable bonds is 4. The van der Waals surface area contributed by atoms with Gasteiger partial charge in [0.05, 0.1) is 18.7 Å². The Morgan fingerprint density at radius 2 is 1.74 bits per heavy atom. The van der Waals surface area contributed by atoms with Crippen LogP contribution >= 0.6 is 0 Å². The number of nitrogens with zero attached hydrogens (tertiary/aromatic N) is 1. The van der Waals surface area contributed by atoms with Crippen LogP contribution in [-0.4, -0.2) is 37.2 Å². The largest absolute Gasteiger partial charge is 0.497 e. The smallest absolute Gasteiger partial charge is 0.338 e. The van der Waals surface area contributed by atoms with Gasteiger partial charge in [-0.25, -0.2) is 9.59 Å². The van der Waals surface area contributed by atoms with E-state index in [1.165, 1.54) is 17.7 Å². The van der Waals surface area contributed by atoms with Crippen molar-refractivity contribution in [2.24, 2.45) is 0 Å². The van der Waals surface area contributed by atoms with Crippen LogP contribution in [0.3, 0.4) is 0 Å². The minimum atomic E-state index is -0.530. The van der Waals surface area contributed by atoms with E-state index in [1.807, 2.05) is 24.3 Å². The number of amides is 2. The van der Waals surface area contributed by atoms with Gasteiger partial charge in [0.25, 0.3) is 0 Å². The third-order valence-electron chi connectivity index (χ3n) is 5.50. The van der Waals surface area contributed by atoms with E-state index >= 15 is 0 Å². The molecule has 0 radical (unpaired) electrons. The maximum Gasteiger partial charge on any atom is 0.338 e. The summed E-state index contributed by atoms with van der Waals surface area (Å²) in [5, 5.41) is 2.92. The van der Waals surface area contributed by atoms with Crippen molar-refractivity contribution >= 4 is 12.0 Å². The van der Waals surface area contributed by atoms with E-state index in [4.69, 9.17) is 9.47 Å². The van der Waals surface area contributed by atoms with Crippen LogP contribution in [0, 0.1) is 0 Å². The number of hydrogen-bond donors (Lipinski definition) is 1. The number of nitrogens with one attached hydrogen (secondary N) is 1. The highest BCUT2D eigenvalue weighted by Gasteiger charge is 2.36. The van der Waals surface area contributed by atoms with Crippen molar-refractivity contribution in [3.05, 3.63) is 41.1 Å². The molecule has 27 heavy (non-hydrogen) atoms. The second-order valence-electron chi connectivity index (χ2n) is 7.23. The molecule has 1 aliphatic carbocycles. The molecule has 1 atom stereocenters. The van der Waals surface area contributed by atoms with Crippen LogP contribution in [0.2, 0.25) is 0 Å². The van der Waals surface area contributed by atoms with Gasteiger partial charge in [0.1, 0.15) is 11.9 Å². The highest BCUT2D eigenvalue weighted by atomic mass is 16.5. The van der Waals surface area contributed by atoms with E-state index in [0.29, 0.717) is 11.3 Å². The Hall–Kier alpha value is -2.50. The number of hydrogen-bond acceptors (Lipinski definition) is 4. The Balaban J connectivity index is 1.88. The van der Waals surface area contributed by atoms with Gasteiger partial charge in [-0.3, -0.25) is 0 Å². The Kier molecular flexibility index (Phi) is 6.04. The lowest BCUT2D eigenvalue weighted by Gasteiger charge is -2.33. The Morgan fingerprint density at radius 3 is 2.33 bits per heavy atom. The molecule has 1 aromatic rings. The van der Waals surface area contributed by atoms with Crippen LogP contribution in [0.15, 0.2) is 35.5 Å². The van der Waals surface area contributed by atoms with Gasteiger partial charge < -0.3 is 19.7 Å². The third kappa shape index (κ3) is 4.26. The fourth-order valence-electron chi connectivity index (χ4n) is 3.72. The van der Waals surface area contributed by atoms with Crippen molar-refractivity contribution in [2.45, 2.75) is 57.6 Å². The summed E-state index contributed by atoms with van der Waals surface area (Å²) >= 11 is 0. The van der Waals surface area contributed by atoms with E-state index < -0.39 is 6.04 Å². The fraction of sp³-hybridized carbons (Fsp3) is 0.524. The standard InChI is InChI=1S/C21H28N2O4/c1-14-18(20(24)27-17-8-6-4-5-7-9-17)19(22-21(25)23(14)2)15-10-12-16(26-3)13-11-15/h10-13,17,19H,4-9H2,1-3H3,(H,22,25). The number of ether oxygens (including phenoxy) is 2. The van der Waals surface area contributed by atoms with Crippen LogP contribution in [0.1, 0.15) is 57.1 Å². The maximum absolute atomic E-state index is 13.1. The first-order chi connectivity index (χ1) is 13.0. The maximum atomic E-state index is 13.1. The van der Waals surface area contributed by atoms with Crippen LogP contribution in [0.5, 0.6) is 5.75 Å². The summed E-state index contributed by atoms with van der Waals surface area (Å²) < 4.78 is 11.1. The van der Waals surface area contributed by atoms with Gasteiger partial charge in [-0.2, -0.15) is 0 Å². The molecule has 1 unspecified atom stereocenters. The molecule has 1 saturated carbocycles. The highest BCUT2D eigenvalue weighted by Crippen LogP contribution is 2.32. The van der Waals surface area contributed by atoms with Crippen LogP contribution in [0.4, 0.5) is 4.79 Å². The first-order valence-corrected chi connectivity index (χ1v) is 9.61. The number of methoxy groups -OCH3 is 1. The number of allylic oxidation sites excluding steroid dienone is 1. The summed E-state index contributed by atoms with van der Waals surface area (Å²) in [7, 11) is 3.26. The molecular weight excluding hydrogens is 344 g/mol. The normalized spacial score (nSPS) is 21.5.